The van der Waals surface area contributed by atoms with Gasteiger partial charge in [0.25, 0.3) is 0 Å². The second-order valence-corrected chi connectivity index (χ2v) is 3.08. The summed E-state index contributed by atoms with van der Waals surface area (Å²) in [6, 6.07) is 0.934. The van der Waals surface area contributed by atoms with E-state index in [-0.39, 0.29) is 11.4 Å². The minimum absolute atomic E-state index is 0.0995. The zero-order valence-electron chi connectivity index (χ0n) is 8.26. The Morgan fingerprint density at radius 2 is 1.65 bits per heavy atom. The van der Waals surface area contributed by atoms with Crippen LogP contribution in [0.5, 0.6) is 0 Å². The summed E-state index contributed by atoms with van der Waals surface area (Å²) in [5.74, 6) is -2.84. The molecule has 2 aromatic heterocycles. The number of carboxylic acids is 1. The van der Waals surface area contributed by atoms with Crippen molar-refractivity contribution in [1.29, 1.82) is 0 Å². The van der Waals surface area contributed by atoms with E-state index in [1.54, 1.807) is 0 Å². The summed E-state index contributed by atoms with van der Waals surface area (Å²) in [4.78, 5) is 21.4. The van der Waals surface area contributed by atoms with E-state index in [1.165, 1.54) is 0 Å². The molecule has 0 aliphatic heterocycles. The second-order valence-electron chi connectivity index (χ2n) is 3.08. The van der Waals surface area contributed by atoms with E-state index in [4.69, 9.17) is 5.11 Å². The van der Waals surface area contributed by atoms with Crippen LogP contribution in [0.25, 0.3) is 11.4 Å². The maximum absolute atomic E-state index is 13.0. The minimum Gasteiger partial charge on any atom is -0.476 e. The van der Waals surface area contributed by atoms with Gasteiger partial charge in [0, 0.05) is 0 Å². The lowest BCUT2D eigenvalue weighted by Crippen LogP contribution is -2.05. The number of rotatable bonds is 2. The van der Waals surface area contributed by atoms with Crippen LogP contribution in [0.4, 0.5) is 8.78 Å². The van der Waals surface area contributed by atoms with Crippen molar-refractivity contribution in [3.63, 3.8) is 0 Å². The molecule has 5 nitrogen and oxygen atoms in total. The third-order valence-corrected chi connectivity index (χ3v) is 1.92. The van der Waals surface area contributed by atoms with Crippen molar-refractivity contribution in [3.8, 4) is 11.4 Å². The van der Waals surface area contributed by atoms with Crippen LogP contribution in [-0.2, 0) is 0 Å². The maximum atomic E-state index is 13.0. The van der Waals surface area contributed by atoms with Crippen molar-refractivity contribution in [3.05, 3.63) is 42.0 Å². The predicted molar refractivity (Wildman–Crippen MR) is 52.1 cm³/mol. The molecule has 86 valence electrons. The van der Waals surface area contributed by atoms with E-state index in [2.05, 4.69) is 15.0 Å². The number of hydrogen-bond acceptors (Lipinski definition) is 4. The molecule has 0 atom stereocenters. The second kappa shape index (κ2) is 4.20. The number of aromatic nitrogens is 3. The van der Waals surface area contributed by atoms with Crippen molar-refractivity contribution >= 4 is 5.97 Å². The predicted octanol–water partition coefficient (Wildman–Crippen LogP) is 1.51. The molecule has 0 radical (unpaired) electrons. The highest BCUT2D eigenvalue weighted by Gasteiger charge is 2.16. The van der Waals surface area contributed by atoms with Crippen LogP contribution >= 0.6 is 0 Å². The largest absolute Gasteiger partial charge is 0.476 e. The summed E-state index contributed by atoms with van der Waals surface area (Å²) >= 11 is 0. The Bertz CT molecular complexity index is 572. The topological polar surface area (TPSA) is 76.0 Å². The first-order valence-electron chi connectivity index (χ1n) is 4.44. The number of carboxylic acid groups (broad SMARTS) is 1. The summed E-state index contributed by atoms with van der Waals surface area (Å²) in [6.45, 7) is 0. The SMILES string of the molecule is O=C(O)c1ncc(F)cc1-c1ncc(F)cn1. The zero-order chi connectivity index (χ0) is 12.4. The van der Waals surface area contributed by atoms with Gasteiger partial charge in [-0.2, -0.15) is 0 Å². The molecule has 0 aliphatic rings. The molecule has 2 aromatic rings. The van der Waals surface area contributed by atoms with Crippen molar-refractivity contribution in [2.24, 2.45) is 0 Å². The average Bonchev–Trinajstić information content (AvgIpc) is 2.29. The van der Waals surface area contributed by atoms with E-state index < -0.39 is 23.3 Å². The Morgan fingerprint density at radius 1 is 1.06 bits per heavy atom. The van der Waals surface area contributed by atoms with Gasteiger partial charge in [-0.05, 0) is 6.07 Å². The molecule has 0 fully saturated rings. The quantitative estimate of drug-likeness (QED) is 0.856. The van der Waals surface area contributed by atoms with Crippen LogP contribution in [-0.4, -0.2) is 26.0 Å². The van der Waals surface area contributed by atoms with Gasteiger partial charge in [0.05, 0.1) is 24.2 Å². The summed E-state index contributed by atoms with van der Waals surface area (Å²) in [5.41, 5.74) is -0.490. The van der Waals surface area contributed by atoms with Gasteiger partial charge in [0.1, 0.15) is 5.82 Å². The van der Waals surface area contributed by atoms with Crippen LogP contribution in [0, 0.1) is 11.6 Å². The summed E-state index contributed by atoms with van der Waals surface area (Å²) in [6.07, 6.45) is 2.49. The fraction of sp³-hybridized carbons (Fsp3) is 0. The molecule has 17 heavy (non-hydrogen) atoms. The van der Waals surface area contributed by atoms with Crippen molar-refractivity contribution < 1.29 is 18.7 Å². The van der Waals surface area contributed by atoms with Gasteiger partial charge in [0.15, 0.2) is 17.3 Å². The smallest absolute Gasteiger partial charge is 0.355 e. The third kappa shape index (κ3) is 2.22. The Hall–Kier alpha value is -2.44. The van der Waals surface area contributed by atoms with Gasteiger partial charge in [-0.3, -0.25) is 0 Å². The van der Waals surface area contributed by atoms with Gasteiger partial charge in [0.2, 0.25) is 0 Å². The first kappa shape index (κ1) is 11.1. The number of halogens is 2. The van der Waals surface area contributed by atoms with Crippen molar-refractivity contribution in [1.82, 2.24) is 15.0 Å². The van der Waals surface area contributed by atoms with Gasteiger partial charge in [-0.1, -0.05) is 0 Å². The molecule has 0 bridgehead atoms. The number of pyridine rings is 1. The molecule has 0 aromatic carbocycles. The highest BCUT2D eigenvalue weighted by Crippen LogP contribution is 2.19. The molecular weight excluding hydrogens is 232 g/mol. The van der Waals surface area contributed by atoms with E-state index >= 15 is 0 Å². The van der Waals surface area contributed by atoms with E-state index in [9.17, 15) is 13.6 Å². The molecule has 1 N–H and O–H groups in total. The monoisotopic (exact) mass is 237 g/mol. The third-order valence-electron chi connectivity index (χ3n) is 1.92. The first-order chi connectivity index (χ1) is 8.08. The molecule has 0 unspecified atom stereocenters. The Labute approximate surface area is 93.8 Å². The lowest BCUT2D eigenvalue weighted by molar-refractivity contribution is 0.0691. The summed E-state index contributed by atoms with van der Waals surface area (Å²) in [5, 5.41) is 8.86. The van der Waals surface area contributed by atoms with Crippen molar-refractivity contribution in [2.75, 3.05) is 0 Å². The molecule has 0 amide bonds. The molecule has 2 rings (SSSR count). The average molecular weight is 237 g/mol. The van der Waals surface area contributed by atoms with Crippen LogP contribution in [0.3, 0.4) is 0 Å². The Morgan fingerprint density at radius 3 is 2.24 bits per heavy atom. The van der Waals surface area contributed by atoms with Crippen LogP contribution < -0.4 is 0 Å². The fourth-order valence-electron chi connectivity index (χ4n) is 1.23. The Kier molecular flexibility index (Phi) is 2.73. The molecule has 2 heterocycles. The number of carbonyl (C=O) groups is 1. The lowest BCUT2D eigenvalue weighted by atomic mass is 10.1. The van der Waals surface area contributed by atoms with Gasteiger partial charge in [-0.25, -0.2) is 28.5 Å². The molecule has 0 saturated carbocycles. The molecule has 0 saturated heterocycles. The molecule has 0 spiro atoms. The summed E-state index contributed by atoms with van der Waals surface area (Å²) in [7, 11) is 0. The van der Waals surface area contributed by atoms with Gasteiger partial charge >= 0.3 is 5.97 Å². The lowest BCUT2D eigenvalue weighted by Gasteiger charge is -2.03. The minimum atomic E-state index is -1.34. The van der Waals surface area contributed by atoms with E-state index in [1.807, 2.05) is 0 Å². The Balaban J connectivity index is 2.60. The normalized spacial score (nSPS) is 10.2. The molecular formula is C10H5F2N3O2. The highest BCUT2D eigenvalue weighted by molar-refractivity contribution is 5.92. The fourth-order valence-corrected chi connectivity index (χ4v) is 1.23. The van der Waals surface area contributed by atoms with E-state index in [0.717, 1.165) is 24.7 Å². The number of hydrogen-bond donors (Lipinski definition) is 1. The molecule has 7 heteroatoms. The first-order valence-corrected chi connectivity index (χ1v) is 4.44. The van der Waals surface area contributed by atoms with Crippen molar-refractivity contribution in [2.45, 2.75) is 0 Å². The maximum Gasteiger partial charge on any atom is 0.355 e. The molecule has 0 aliphatic carbocycles. The van der Waals surface area contributed by atoms with Gasteiger partial charge < -0.3 is 5.11 Å². The highest BCUT2D eigenvalue weighted by atomic mass is 19.1. The number of nitrogens with zero attached hydrogens (tertiary/aromatic N) is 3. The zero-order valence-corrected chi connectivity index (χ0v) is 8.26. The van der Waals surface area contributed by atoms with Crippen LogP contribution in [0.15, 0.2) is 24.7 Å². The van der Waals surface area contributed by atoms with Gasteiger partial charge in [-0.15, -0.1) is 0 Å². The van der Waals surface area contributed by atoms with E-state index in [0.29, 0.717) is 0 Å². The number of aromatic carboxylic acids is 1. The summed E-state index contributed by atoms with van der Waals surface area (Å²) < 4.78 is 25.6. The van der Waals surface area contributed by atoms with Crippen LogP contribution in [0.2, 0.25) is 0 Å². The van der Waals surface area contributed by atoms with Crippen LogP contribution in [0.1, 0.15) is 10.5 Å². The standard InChI is InChI=1S/C10H5F2N3O2/c11-5-1-7(8(10(16)17)13-2-5)9-14-3-6(12)4-15-9/h1-4H,(H,16,17).